The molecule has 0 aliphatic heterocycles. The summed E-state index contributed by atoms with van der Waals surface area (Å²) in [4.78, 5) is 12.5. The van der Waals surface area contributed by atoms with Gasteiger partial charge in [-0.1, -0.05) is 54.6 Å². The summed E-state index contributed by atoms with van der Waals surface area (Å²) in [5, 5.41) is 14.7. The van der Waals surface area contributed by atoms with E-state index in [0.29, 0.717) is 10.9 Å². The van der Waals surface area contributed by atoms with Gasteiger partial charge in [0.1, 0.15) is 5.75 Å². The second-order valence-corrected chi connectivity index (χ2v) is 8.97. The van der Waals surface area contributed by atoms with E-state index in [1.165, 1.54) is 0 Å². The highest BCUT2D eigenvalue weighted by Crippen LogP contribution is 2.28. The molecule has 0 saturated heterocycles. The minimum Gasteiger partial charge on any atom is -0.506 e. The van der Waals surface area contributed by atoms with Crippen molar-refractivity contribution < 1.29 is 18.3 Å². The van der Waals surface area contributed by atoms with E-state index in [2.05, 4.69) is 10.0 Å². The van der Waals surface area contributed by atoms with Crippen LogP contribution in [0.15, 0.2) is 60.7 Å². The highest BCUT2D eigenvalue weighted by molar-refractivity contribution is 7.88. The number of fused-ring (bicyclic) bond motifs is 1. The van der Waals surface area contributed by atoms with Crippen LogP contribution in [0.3, 0.4) is 0 Å². The van der Waals surface area contributed by atoms with Crippen LogP contribution in [0.2, 0.25) is 0 Å². The topological polar surface area (TPSA) is 95.5 Å². The number of nitrogens with one attached hydrogen (secondary N) is 2. The van der Waals surface area contributed by atoms with Crippen molar-refractivity contribution in [1.82, 2.24) is 10.0 Å². The van der Waals surface area contributed by atoms with E-state index >= 15 is 0 Å². The van der Waals surface area contributed by atoms with Crippen molar-refractivity contribution in [2.75, 3.05) is 0 Å². The first-order valence-electron chi connectivity index (χ1n) is 9.32. The summed E-state index contributed by atoms with van der Waals surface area (Å²) in [7, 11) is -3.38. The number of rotatable bonds is 7. The van der Waals surface area contributed by atoms with E-state index in [1.54, 1.807) is 56.3 Å². The predicted molar refractivity (Wildman–Crippen MR) is 114 cm³/mol. The summed E-state index contributed by atoms with van der Waals surface area (Å²) in [6.07, 6.45) is 0. The fourth-order valence-corrected chi connectivity index (χ4v) is 4.52. The van der Waals surface area contributed by atoms with Gasteiger partial charge in [-0.3, -0.25) is 4.79 Å². The Hall–Kier alpha value is -2.90. The van der Waals surface area contributed by atoms with Gasteiger partial charge in [0.2, 0.25) is 10.0 Å². The van der Waals surface area contributed by atoms with Crippen LogP contribution in [0.25, 0.3) is 10.8 Å². The molecule has 0 bridgehead atoms. The summed E-state index contributed by atoms with van der Waals surface area (Å²) in [6.45, 7) is 3.82. The van der Waals surface area contributed by atoms with E-state index < -0.39 is 10.0 Å². The number of sulfonamides is 1. The number of benzene rings is 3. The molecule has 7 heteroatoms. The van der Waals surface area contributed by atoms with Crippen molar-refractivity contribution in [3.63, 3.8) is 0 Å². The largest absolute Gasteiger partial charge is 0.506 e. The lowest BCUT2D eigenvalue weighted by atomic mass is 10.0. The molecule has 0 radical (unpaired) electrons. The third kappa shape index (κ3) is 5.34. The third-order valence-corrected chi connectivity index (χ3v) is 5.94. The van der Waals surface area contributed by atoms with E-state index in [1.807, 2.05) is 18.2 Å². The lowest BCUT2D eigenvalue weighted by Gasteiger charge is -2.11. The Morgan fingerprint density at radius 3 is 2.31 bits per heavy atom. The number of amides is 1. The van der Waals surface area contributed by atoms with Gasteiger partial charge in [-0.15, -0.1) is 0 Å². The zero-order valence-corrected chi connectivity index (χ0v) is 17.2. The molecule has 3 aromatic carbocycles. The standard InChI is InChI=1S/C22H24N2O4S/c1-15(2)24-29(27,28)14-17-9-7-16(8-10-17)13-23-22(26)20-12-11-18-5-3-4-6-19(18)21(20)25/h3-12,15,24-25H,13-14H2,1-2H3,(H,23,26). The molecule has 3 rings (SSSR count). The molecule has 29 heavy (non-hydrogen) atoms. The first kappa shape index (κ1) is 20.8. The average molecular weight is 413 g/mol. The summed E-state index contributed by atoms with van der Waals surface area (Å²) in [6, 6.07) is 17.6. The maximum atomic E-state index is 12.5. The SMILES string of the molecule is CC(C)NS(=O)(=O)Cc1ccc(CNC(=O)c2ccc3ccccc3c2O)cc1. The van der Waals surface area contributed by atoms with Gasteiger partial charge in [0.15, 0.2) is 0 Å². The molecule has 0 aliphatic carbocycles. The van der Waals surface area contributed by atoms with Crippen molar-refractivity contribution >= 4 is 26.7 Å². The van der Waals surface area contributed by atoms with Crippen molar-refractivity contribution in [3.8, 4) is 5.75 Å². The number of carbonyl (C=O) groups excluding carboxylic acids is 1. The Morgan fingerprint density at radius 2 is 1.62 bits per heavy atom. The normalized spacial score (nSPS) is 11.7. The molecule has 0 fully saturated rings. The Balaban J connectivity index is 1.64. The molecule has 152 valence electrons. The monoisotopic (exact) mass is 412 g/mol. The first-order chi connectivity index (χ1) is 13.7. The van der Waals surface area contributed by atoms with Crippen LogP contribution in [0.4, 0.5) is 0 Å². The van der Waals surface area contributed by atoms with Crippen LogP contribution in [-0.2, 0) is 22.3 Å². The van der Waals surface area contributed by atoms with Crippen LogP contribution < -0.4 is 10.0 Å². The molecule has 0 spiro atoms. The van der Waals surface area contributed by atoms with Crippen LogP contribution in [0.5, 0.6) is 5.75 Å². The number of phenols is 1. The number of aromatic hydroxyl groups is 1. The van der Waals surface area contributed by atoms with Crippen LogP contribution >= 0.6 is 0 Å². The molecule has 0 aromatic heterocycles. The summed E-state index contributed by atoms with van der Waals surface area (Å²) in [5.74, 6) is -0.511. The molecule has 6 nitrogen and oxygen atoms in total. The molecular weight excluding hydrogens is 388 g/mol. The van der Waals surface area contributed by atoms with Gasteiger partial charge < -0.3 is 10.4 Å². The van der Waals surface area contributed by atoms with Crippen molar-refractivity contribution in [2.24, 2.45) is 0 Å². The smallest absolute Gasteiger partial charge is 0.255 e. The second-order valence-electron chi connectivity index (χ2n) is 7.21. The third-order valence-electron chi connectivity index (χ3n) is 4.39. The van der Waals surface area contributed by atoms with E-state index in [0.717, 1.165) is 10.9 Å². The van der Waals surface area contributed by atoms with Crippen LogP contribution in [-0.4, -0.2) is 25.5 Å². The van der Waals surface area contributed by atoms with Crippen molar-refractivity contribution in [3.05, 3.63) is 77.4 Å². The molecule has 3 aromatic rings. The molecular formula is C22H24N2O4S. The molecule has 0 aliphatic rings. The molecule has 0 unspecified atom stereocenters. The number of hydrogen-bond donors (Lipinski definition) is 3. The molecule has 0 saturated carbocycles. The lowest BCUT2D eigenvalue weighted by molar-refractivity contribution is 0.0948. The Kier molecular flexibility index (Phi) is 6.20. The van der Waals surface area contributed by atoms with E-state index in [-0.39, 0.29) is 35.6 Å². The predicted octanol–water partition coefficient (Wildman–Crippen LogP) is 3.30. The Labute approximate surface area is 170 Å². The highest BCUT2D eigenvalue weighted by Gasteiger charge is 2.14. The highest BCUT2D eigenvalue weighted by atomic mass is 32.2. The Morgan fingerprint density at radius 1 is 0.966 bits per heavy atom. The van der Waals surface area contributed by atoms with Gasteiger partial charge in [0.05, 0.1) is 11.3 Å². The second kappa shape index (κ2) is 8.63. The zero-order valence-electron chi connectivity index (χ0n) is 16.3. The number of carbonyl (C=O) groups is 1. The van der Waals surface area contributed by atoms with Crippen molar-refractivity contribution in [1.29, 1.82) is 0 Å². The van der Waals surface area contributed by atoms with Gasteiger partial charge >= 0.3 is 0 Å². The Bertz CT molecular complexity index is 1120. The summed E-state index contributed by atoms with van der Waals surface area (Å²) in [5.41, 5.74) is 1.71. The van der Waals surface area contributed by atoms with Crippen molar-refractivity contribution in [2.45, 2.75) is 32.2 Å². The van der Waals surface area contributed by atoms with E-state index in [4.69, 9.17) is 0 Å². The average Bonchev–Trinajstić information content (AvgIpc) is 2.66. The number of hydrogen-bond acceptors (Lipinski definition) is 4. The van der Waals surface area contributed by atoms with Gasteiger partial charge in [-0.05, 0) is 36.4 Å². The first-order valence-corrected chi connectivity index (χ1v) is 11.0. The fraction of sp³-hybridized carbons (Fsp3) is 0.227. The molecule has 0 heterocycles. The van der Waals surface area contributed by atoms with Gasteiger partial charge in [0.25, 0.3) is 5.91 Å². The summed E-state index contributed by atoms with van der Waals surface area (Å²) < 4.78 is 26.6. The number of phenolic OH excluding ortho intramolecular Hbond substituents is 1. The fourth-order valence-electron chi connectivity index (χ4n) is 3.09. The molecule has 0 atom stereocenters. The lowest BCUT2D eigenvalue weighted by Crippen LogP contribution is -2.31. The minimum absolute atomic E-state index is 0.0428. The maximum absolute atomic E-state index is 12.5. The maximum Gasteiger partial charge on any atom is 0.255 e. The van der Waals surface area contributed by atoms with Gasteiger partial charge in [0, 0.05) is 18.0 Å². The van der Waals surface area contributed by atoms with Gasteiger partial charge in [-0.25, -0.2) is 13.1 Å². The van der Waals surface area contributed by atoms with Crippen LogP contribution in [0.1, 0.15) is 35.3 Å². The van der Waals surface area contributed by atoms with Crippen LogP contribution in [0, 0.1) is 0 Å². The zero-order chi connectivity index (χ0) is 21.0. The molecule has 1 amide bonds. The molecule has 3 N–H and O–H groups in total. The minimum atomic E-state index is -3.38. The quantitative estimate of drug-likeness (QED) is 0.555. The van der Waals surface area contributed by atoms with E-state index in [9.17, 15) is 18.3 Å². The summed E-state index contributed by atoms with van der Waals surface area (Å²) >= 11 is 0. The van der Waals surface area contributed by atoms with Gasteiger partial charge in [-0.2, -0.15) is 0 Å².